The topological polar surface area (TPSA) is 33.2 Å². The van der Waals surface area contributed by atoms with Gasteiger partial charge in [0.1, 0.15) is 0 Å². The van der Waals surface area contributed by atoms with E-state index in [0.29, 0.717) is 18.2 Å². The molecule has 1 aromatic heterocycles. The third kappa shape index (κ3) is 2.98. The van der Waals surface area contributed by atoms with Crippen molar-refractivity contribution in [2.24, 2.45) is 5.41 Å². The summed E-state index contributed by atoms with van der Waals surface area (Å²) < 4.78 is 64.4. The summed E-state index contributed by atoms with van der Waals surface area (Å²) in [6.07, 6.45) is -3.45. The molecule has 2 aliphatic rings. The highest BCUT2D eigenvalue weighted by molar-refractivity contribution is 7.17. The number of hydrogen-bond acceptors (Lipinski definition) is 4. The van der Waals surface area contributed by atoms with E-state index in [4.69, 9.17) is 0 Å². The maximum atomic E-state index is 13.0. The second kappa shape index (κ2) is 5.48. The Bertz CT molecular complexity index is 860. The minimum Gasteiger partial charge on any atom is -0.347 e. The van der Waals surface area contributed by atoms with Gasteiger partial charge in [-0.25, -0.2) is 13.8 Å². The quantitative estimate of drug-likeness (QED) is 0.568. The van der Waals surface area contributed by atoms with Gasteiger partial charge in [0.15, 0.2) is 5.13 Å². The van der Waals surface area contributed by atoms with Crippen LogP contribution in [0.5, 0.6) is 0 Å². The number of rotatable bonds is 3. The fourth-order valence-corrected chi connectivity index (χ4v) is 4.54. The van der Waals surface area contributed by atoms with Crippen LogP contribution in [0.1, 0.15) is 33.6 Å². The van der Waals surface area contributed by atoms with Crippen molar-refractivity contribution in [1.82, 2.24) is 4.98 Å². The molecule has 0 unspecified atom stereocenters. The Balaban J connectivity index is 1.46. The van der Waals surface area contributed by atoms with Gasteiger partial charge in [-0.05, 0) is 12.1 Å². The number of hydrogen-bond donors (Lipinski definition) is 0. The lowest BCUT2D eigenvalue weighted by molar-refractivity contribution is -0.170. The molecule has 26 heavy (non-hydrogen) atoms. The first-order valence-electron chi connectivity index (χ1n) is 7.88. The second-order valence-corrected chi connectivity index (χ2v) is 7.99. The van der Waals surface area contributed by atoms with Crippen LogP contribution >= 0.6 is 11.3 Å². The fourth-order valence-electron chi connectivity index (χ4n) is 3.66. The zero-order valence-corrected chi connectivity index (χ0v) is 14.1. The molecule has 0 amide bonds. The molecule has 2 aromatic rings. The van der Waals surface area contributed by atoms with Crippen LogP contribution in [-0.2, 0) is 6.18 Å². The first-order chi connectivity index (χ1) is 12.1. The molecular formula is C17H13F5N2OS. The molecule has 4 rings (SSSR count). The third-order valence-corrected chi connectivity index (χ3v) is 5.82. The fraction of sp³-hybridized carbons (Fsp3) is 0.412. The summed E-state index contributed by atoms with van der Waals surface area (Å²) in [6.45, 7) is 0.931. The first kappa shape index (κ1) is 17.4. The zero-order chi connectivity index (χ0) is 18.7. The van der Waals surface area contributed by atoms with Crippen LogP contribution in [0, 0.1) is 5.41 Å². The molecule has 1 spiro atoms. The van der Waals surface area contributed by atoms with Gasteiger partial charge in [0.2, 0.25) is 11.7 Å². The van der Waals surface area contributed by atoms with Gasteiger partial charge in [0, 0.05) is 36.9 Å². The van der Waals surface area contributed by atoms with Crippen molar-refractivity contribution in [3.63, 3.8) is 0 Å². The Labute approximate surface area is 149 Å². The van der Waals surface area contributed by atoms with Crippen LogP contribution < -0.4 is 4.90 Å². The van der Waals surface area contributed by atoms with Crippen LogP contribution in [0.25, 0.3) is 0 Å². The molecule has 1 saturated carbocycles. The SMILES string of the molecule is O=C(c1cccc(C(F)(F)F)c1)c1cnc(N2CC3(C2)CC(F)(F)C3)s1. The van der Waals surface area contributed by atoms with Crippen molar-refractivity contribution in [2.75, 3.05) is 18.0 Å². The molecule has 1 saturated heterocycles. The molecule has 1 aliphatic carbocycles. The summed E-state index contributed by atoms with van der Waals surface area (Å²) >= 11 is 1.06. The molecule has 0 radical (unpaired) electrons. The first-order valence-corrected chi connectivity index (χ1v) is 8.69. The van der Waals surface area contributed by atoms with Gasteiger partial charge in [-0.15, -0.1) is 0 Å². The number of benzene rings is 1. The number of carbonyl (C=O) groups is 1. The summed E-state index contributed by atoms with van der Waals surface area (Å²) in [7, 11) is 0. The van der Waals surface area contributed by atoms with Crippen molar-refractivity contribution < 1.29 is 26.7 Å². The predicted molar refractivity (Wildman–Crippen MR) is 85.8 cm³/mol. The Hall–Kier alpha value is -2.03. The standard InChI is InChI=1S/C17H13F5N2OS/c18-16(19)6-15(7-16)8-24(9-15)14-23-5-12(26-14)13(25)10-2-1-3-11(4-10)17(20,21)22/h1-5H,6-9H2. The van der Waals surface area contributed by atoms with E-state index >= 15 is 0 Å². The van der Waals surface area contributed by atoms with Crippen LogP contribution in [-0.4, -0.2) is 29.8 Å². The van der Waals surface area contributed by atoms with Gasteiger partial charge in [0.25, 0.3) is 0 Å². The maximum absolute atomic E-state index is 13.0. The number of thiazole rings is 1. The molecule has 2 heterocycles. The monoisotopic (exact) mass is 388 g/mol. The van der Waals surface area contributed by atoms with Gasteiger partial charge in [-0.3, -0.25) is 4.79 Å². The Kier molecular flexibility index (Phi) is 3.67. The largest absolute Gasteiger partial charge is 0.416 e. The molecule has 0 atom stereocenters. The molecular weight excluding hydrogens is 375 g/mol. The summed E-state index contributed by atoms with van der Waals surface area (Å²) in [6, 6.07) is 4.24. The van der Waals surface area contributed by atoms with Gasteiger partial charge < -0.3 is 4.90 Å². The van der Waals surface area contributed by atoms with E-state index < -0.39 is 23.4 Å². The average Bonchev–Trinajstić information content (AvgIpc) is 2.98. The molecule has 0 bridgehead atoms. The Morgan fingerprint density at radius 2 is 1.88 bits per heavy atom. The number of halogens is 5. The molecule has 3 nitrogen and oxygen atoms in total. The average molecular weight is 388 g/mol. The van der Waals surface area contributed by atoms with Crippen molar-refractivity contribution in [2.45, 2.75) is 24.9 Å². The smallest absolute Gasteiger partial charge is 0.347 e. The molecule has 138 valence electrons. The number of carbonyl (C=O) groups excluding carboxylic acids is 1. The highest BCUT2D eigenvalue weighted by atomic mass is 32.1. The third-order valence-electron chi connectivity index (χ3n) is 4.76. The van der Waals surface area contributed by atoms with Crippen LogP contribution in [0.2, 0.25) is 0 Å². The van der Waals surface area contributed by atoms with Gasteiger partial charge in [0.05, 0.1) is 16.6 Å². The number of ketones is 1. The number of nitrogens with zero attached hydrogens (tertiary/aromatic N) is 2. The van der Waals surface area contributed by atoms with Crippen molar-refractivity contribution in [3.8, 4) is 0 Å². The minimum atomic E-state index is -4.52. The predicted octanol–water partition coefficient (Wildman–Crippen LogP) is 4.63. The van der Waals surface area contributed by atoms with Crippen molar-refractivity contribution in [1.29, 1.82) is 0 Å². The second-order valence-electron chi connectivity index (χ2n) is 6.98. The van der Waals surface area contributed by atoms with E-state index in [1.165, 1.54) is 18.3 Å². The number of alkyl halides is 5. The minimum absolute atomic E-state index is 0.0614. The highest BCUT2D eigenvalue weighted by Crippen LogP contribution is 2.57. The molecule has 1 aliphatic heterocycles. The van der Waals surface area contributed by atoms with Crippen LogP contribution in [0.3, 0.4) is 0 Å². The molecule has 2 fully saturated rings. The molecule has 9 heteroatoms. The molecule has 0 N–H and O–H groups in total. The lowest BCUT2D eigenvalue weighted by atomic mass is 9.61. The van der Waals surface area contributed by atoms with E-state index in [-0.39, 0.29) is 28.7 Å². The van der Waals surface area contributed by atoms with E-state index in [2.05, 4.69) is 4.98 Å². The highest BCUT2D eigenvalue weighted by Gasteiger charge is 2.62. The van der Waals surface area contributed by atoms with E-state index in [1.54, 1.807) is 0 Å². The Morgan fingerprint density at radius 1 is 1.19 bits per heavy atom. The van der Waals surface area contributed by atoms with Crippen molar-refractivity contribution >= 4 is 22.3 Å². The van der Waals surface area contributed by atoms with Gasteiger partial charge >= 0.3 is 6.18 Å². The van der Waals surface area contributed by atoms with Gasteiger partial charge in [-0.2, -0.15) is 13.2 Å². The summed E-state index contributed by atoms with van der Waals surface area (Å²) in [5, 5.41) is 0.529. The Morgan fingerprint density at radius 3 is 2.50 bits per heavy atom. The molecule has 1 aromatic carbocycles. The lowest BCUT2D eigenvalue weighted by Gasteiger charge is -2.58. The van der Waals surface area contributed by atoms with E-state index in [1.807, 2.05) is 4.90 Å². The number of anilines is 1. The van der Waals surface area contributed by atoms with Crippen molar-refractivity contribution in [3.05, 3.63) is 46.5 Å². The van der Waals surface area contributed by atoms with Gasteiger partial charge in [-0.1, -0.05) is 23.5 Å². The maximum Gasteiger partial charge on any atom is 0.416 e. The van der Waals surface area contributed by atoms with E-state index in [9.17, 15) is 26.7 Å². The number of aromatic nitrogens is 1. The normalized spacial score (nSPS) is 20.6. The van der Waals surface area contributed by atoms with E-state index in [0.717, 1.165) is 23.5 Å². The summed E-state index contributed by atoms with van der Waals surface area (Å²) in [4.78, 5) is 18.6. The lowest BCUT2D eigenvalue weighted by Crippen LogP contribution is -2.65. The zero-order valence-electron chi connectivity index (χ0n) is 13.3. The van der Waals surface area contributed by atoms with Crippen LogP contribution in [0.4, 0.5) is 27.1 Å². The van der Waals surface area contributed by atoms with Crippen LogP contribution in [0.15, 0.2) is 30.5 Å². The summed E-state index contributed by atoms with van der Waals surface area (Å²) in [5.41, 5.74) is -1.31. The summed E-state index contributed by atoms with van der Waals surface area (Å²) in [5.74, 6) is -3.12.